The van der Waals surface area contributed by atoms with Gasteiger partial charge in [0.25, 0.3) is 0 Å². The third-order valence-corrected chi connectivity index (χ3v) is 2.73. The normalized spacial score (nSPS) is 9.60. The van der Waals surface area contributed by atoms with E-state index in [2.05, 4.69) is 20.6 Å². The summed E-state index contributed by atoms with van der Waals surface area (Å²) >= 11 is 0. The topological polar surface area (TPSA) is 82.9 Å². The van der Waals surface area contributed by atoms with Crippen molar-refractivity contribution in [1.82, 2.24) is 9.97 Å². The molecule has 0 spiro atoms. The Kier molecular flexibility index (Phi) is 4.73. The van der Waals surface area contributed by atoms with Gasteiger partial charge >= 0.3 is 0 Å². The van der Waals surface area contributed by atoms with Crippen LogP contribution in [0.3, 0.4) is 0 Å². The zero-order chi connectivity index (χ0) is 14.2. The average molecular weight is 269 g/mol. The number of aromatic nitrogens is 2. The lowest BCUT2D eigenvalue weighted by Crippen LogP contribution is -2.07. The Balaban J connectivity index is 1.86. The van der Waals surface area contributed by atoms with Gasteiger partial charge in [-0.2, -0.15) is 5.26 Å². The molecular weight excluding hydrogens is 254 g/mol. The van der Waals surface area contributed by atoms with Gasteiger partial charge in [0, 0.05) is 12.6 Å². The van der Waals surface area contributed by atoms with E-state index in [1.165, 1.54) is 11.9 Å². The van der Waals surface area contributed by atoms with Crippen molar-refractivity contribution >= 4 is 11.6 Å². The van der Waals surface area contributed by atoms with Crippen LogP contribution in [-0.2, 0) is 6.42 Å². The molecule has 1 aromatic heterocycles. The molecule has 2 rings (SSSR count). The first kappa shape index (κ1) is 13.6. The molecule has 0 unspecified atom stereocenters. The Hall–Kier alpha value is -2.81. The molecule has 6 nitrogen and oxygen atoms in total. The summed E-state index contributed by atoms with van der Waals surface area (Å²) in [5.41, 5.74) is 1.21. The zero-order valence-corrected chi connectivity index (χ0v) is 11.1. The molecule has 0 amide bonds. The van der Waals surface area contributed by atoms with E-state index in [0.717, 1.165) is 18.7 Å². The Morgan fingerprint density at radius 3 is 2.65 bits per heavy atom. The van der Waals surface area contributed by atoms with Gasteiger partial charge in [0.1, 0.15) is 23.7 Å². The first-order valence-electron chi connectivity index (χ1n) is 6.16. The quantitative estimate of drug-likeness (QED) is 0.616. The van der Waals surface area contributed by atoms with Crippen molar-refractivity contribution in [1.29, 1.82) is 5.26 Å². The fourth-order valence-corrected chi connectivity index (χ4v) is 1.71. The van der Waals surface area contributed by atoms with Crippen molar-refractivity contribution in [2.75, 3.05) is 24.3 Å². The standard InChI is InChI=1S/C14H15N5O/c1-20-12-4-2-11(3-5-12)6-7-16-13-8-14(17-9-15)19-10-18-13/h2-5,8,10H,6-7H2,1H3,(H2,16,17,18,19). The Labute approximate surface area is 117 Å². The molecule has 0 saturated heterocycles. The zero-order valence-electron chi connectivity index (χ0n) is 11.1. The molecule has 2 N–H and O–H groups in total. The minimum atomic E-state index is 0.481. The molecular formula is C14H15N5O. The lowest BCUT2D eigenvalue weighted by molar-refractivity contribution is 0.414. The number of ether oxygens (including phenoxy) is 1. The van der Waals surface area contributed by atoms with Gasteiger partial charge in [-0.05, 0) is 24.1 Å². The summed E-state index contributed by atoms with van der Waals surface area (Å²) in [7, 11) is 1.65. The minimum absolute atomic E-state index is 0.481. The summed E-state index contributed by atoms with van der Waals surface area (Å²) in [6.45, 7) is 0.745. The maximum absolute atomic E-state index is 8.53. The molecule has 6 heteroatoms. The fourth-order valence-electron chi connectivity index (χ4n) is 1.71. The SMILES string of the molecule is COc1ccc(CCNc2cc(NC#N)ncn2)cc1. The smallest absolute Gasteiger partial charge is 0.182 e. The van der Waals surface area contributed by atoms with Gasteiger partial charge in [-0.1, -0.05) is 12.1 Å². The number of rotatable bonds is 6. The molecule has 0 aliphatic heterocycles. The lowest BCUT2D eigenvalue weighted by Gasteiger charge is -2.07. The van der Waals surface area contributed by atoms with E-state index in [0.29, 0.717) is 11.6 Å². The Morgan fingerprint density at radius 1 is 1.20 bits per heavy atom. The van der Waals surface area contributed by atoms with E-state index < -0.39 is 0 Å². The van der Waals surface area contributed by atoms with Crippen LogP contribution in [0.15, 0.2) is 36.7 Å². The van der Waals surface area contributed by atoms with Crippen molar-refractivity contribution in [2.45, 2.75) is 6.42 Å². The molecule has 1 heterocycles. The van der Waals surface area contributed by atoms with Gasteiger partial charge in [0.15, 0.2) is 6.19 Å². The molecule has 20 heavy (non-hydrogen) atoms. The molecule has 0 bridgehead atoms. The van der Waals surface area contributed by atoms with Crippen LogP contribution in [0.25, 0.3) is 0 Å². The second-order valence-electron chi connectivity index (χ2n) is 4.05. The first-order chi connectivity index (χ1) is 9.81. The minimum Gasteiger partial charge on any atom is -0.497 e. The van der Waals surface area contributed by atoms with Gasteiger partial charge < -0.3 is 10.1 Å². The molecule has 0 aliphatic rings. The summed E-state index contributed by atoms with van der Waals surface area (Å²) in [5, 5.41) is 14.2. The van der Waals surface area contributed by atoms with E-state index in [1.807, 2.05) is 30.5 Å². The van der Waals surface area contributed by atoms with E-state index in [-0.39, 0.29) is 0 Å². The molecule has 0 aliphatic carbocycles. The van der Waals surface area contributed by atoms with Crippen molar-refractivity contribution < 1.29 is 4.74 Å². The largest absolute Gasteiger partial charge is 0.497 e. The predicted octanol–water partition coefficient (Wildman–Crippen LogP) is 2.03. The van der Waals surface area contributed by atoms with Crippen LogP contribution < -0.4 is 15.4 Å². The fraction of sp³-hybridized carbons (Fsp3) is 0.214. The molecule has 0 fully saturated rings. The first-order valence-corrected chi connectivity index (χ1v) is 6.16. The third kappa shape index (κ3) is 3.85. The average Bonchev–Trinajstić information content (AvgIpc) is 2.49. The van der Waals surface area contributed by atoms with E-state index in [9.17, 15) is 0 Å². The van der Waals surface area contributed by atoms with Crippen molar-refractivity contribution in [3.05, 3.63) is 42.2 Å². The maximum Gasteiger partial charge on any atom is 0.182 e. The summed E-state index contributed by atoms with van der Waals surface area (Å²) < 4.78 is 5.11. The lowest BCUT2D eigenvalue weighted by atomic mass is 10.1. The molecule has 2 aromatic rings. The number of nitriles is 1. The molecule has 0 saturated carbocycles. The highest BCUT2D eigenvalue weighted by molar-refractivity contribution is 5.48. The predicted molar refractivity (Wildman–Crippen MR) is 76.5 cm³/mol. The van der Waals surface area contributed by atoms with Crippen LogP contribution in [0.1, 0.15) is 5.56 Å². The van der Waals surface area contributed by atoms with Crippen LogP contribution in [0, 0.1) is 11.5 Å². The van der Waals surface area contributed by atoms with Gasteiger partial charge in [0.2, 0.25) is 0 Å². The van der Waals surface area contributed by atoms with Crippen molar-refractivity contribution in [3.8, 4) is 11.9 Å². The van der Waals surface area contributed by atoms with Gasteiger partial charge in [-0.3, -0.25) is 5.32 Å². The summed E-state index contributed by atoms with van der Waals surface area (Å²) in [4.78, 5) is 8.00. The maximum atomic E-state index is 8.53. The van der Waals surface area contributed by atoms with Gasteiger partial charge in [0.05, 0.1) is 7.11 Å². The molecule has 1 aromatic carbocycles. The number of benzene rings is 1. The van der Waals surface area contributed by atoms with E-state index in [1.54, 1.807) is 13.2 Å². The van der Waals surface area contributed by atoms with E-state index in [4.69, 9.17) is 10.00 Å². The third-order valence-electron chi connectivity index (χ3n) is 2.73. The summed E-state index contributed by atoms with van der Waals surface area (Å²) in [6, 6.07) is 9.63. The van der Waals surface area contributed by atoms with Crippen LogP contribution >= 0.6 is 0 Å². The van der Waals surface area contributed by atoms with Crippen LogP contribution in [0.2, 0.25) is 0 Å². The van der Waals surface area contributed by atoms with Crippen molar-refractivity contribution in [3.63, 3.8) is 0 Å². The highest BCUT2D eigenvalue weighted by Crippen LogP contribution is 2.12. The second kappa shape index (κ2) is 6.95. The number of nitrogens with zero attached hydrogens (tertiary/aromatic N) is 3. The molecule has 0 radical (unpaired) electrons. The number of hydrogen-bond donors (Lipinski definition) is 2. The monoisotopic (exact) mass is 269 g/mol. The van der Waals surface area contributed by atoms with Crippen LogP contribution in [0.5, 0.6) is 5.75 Å². The highest BCUT2D eigenvalue weighted by atomic mass is 16.5. The van der Waals surface area contributed by atoms with Gasteiger partial charge in [-0.25, -0.2) is 9.97 Å². The van der Waals surface area contributed by atoms with Crippen molar-refractivity contribution in [2.24, 2.45) is 0 Å². The number of hydrogen-bond acceptors (Lipinski definition) is 6. The number of nitrogens with one attached hydrogen (secondary N) is 2. The van der Waals surface area contributed by atoms with Gasteiger partial charge in [-0.15, -0.1) is 0 Å². The van der Waals surface area contributed by atoms with E-state index >= 15 is 0 Å². The molecule has 0 atom stereocenters. The highest BCUT2D eigenvalue weighted by Gasteiger charge is 1.98. The van der Waals surface area contributed by atoms with Crippen LogP contribution in [-0.4, -0.2) is 23.6 Å². The molecule has 102 valence electrons. The summed E-state index contributed by atoms with van der Waals surface area (Å²) in [5.74, 6) is 2.02. The Bertz CT molecular complexity index is 591. The number of anilines is 2. The second-order valence-corrected chi connectivity index (χ2v) is 4.05. The number of methoxy groups -OCH3 is 1. The van der Waals surface area contributed by atoms with Crippen LogP contribution in [0.4, 0.5) is 11.6 Å². The Morgan fingerprint density at radius 2 is 1.95 bits per heavy atom. The summed E-state index contributed by atoms with van der Waals surface area (Å²) in [6.07, 6.45) is 4.11.